The molecular weight excluding hydrogens is 350 g/mol. The van der Waals surface area contributed by atoms with E-state index >= 15 is 0 Å². The average molecular weight is 374 g/mol. The summed E-state index contributed by atoms with van der Waals surface area (Å²) in [6.45, 7) is 4.70. The summed E-state index contributed by atoms with van der Waals surface area (Å²) in [4.78, 5) is 13.8. The monoisotopic (exact) mass is 373 g/mol. The fourth-order valence-electron chi connectivity index (χ4n) is 2.75. The Morgan fingerprint density at radius 1 is 1.50 bits per heavy atom. The molecule has 0 aromatic carbocycles. The van der Waals surface area contributed by atoms with E-state index in [4.69, 9.17) is 11.6 Å². The van der Waals surface area contributed by atoms with Crippen LogP contribution in [-0.2, 0) is 21.2 Å². The van der Waals surface area contributed by atoms with Gasteiger partial charge >= 0.3 is 0 Å². The minimum atomic E-state index is -3.01. The maximum Gasteiger partial charge on any atom is 0.246 e. The van der Waals surface area contributed by atoms with Gasteiger partial charge < -0.3 is 4.90 Å². The zero-order valence-electron chi connectivity index (χ0n) is 14.3. The molecule has 8 heteroatoms. The van der Waals surface area contributed by atoms with Gasteiger partial charge in [-0.15, -0.1) is 0 Å². The Hall–Kier alpha value is -1.34. The van der Waals surface area contributed by atoms with Crippen LogP contribution in [0.5, 0.6) is 0 Å². The highest BCUT2D eigenvalue weighted by molar-refractivity contribution is 7.91. The summed E-state index contributed by atoms with van der Waals surface area (Å²) in [5, 5.41) is 4.92. The van der Waals surface area contributed by atoms with Crippen molar-refractivity contribution in [1.82, 2.24) is 14.7 Å². The van der Waals surface area contributed by atoms with Crippen LogP contribution in [0.1, 0.15) is 37.4 Å². The number of hydrogen-bond donors (Lipinski definition) is 0. The molecule has 2 heterocycles. The van der Waals surface area contributed by atoms with Crippen molar-refractivity contribution in [2.45, 2.75) is 45.7 Å². The zero-order valence-corrected chi connectivity index (χ0v) is 15.9. The third-order valence-electron chi connectivity index (χ3n) is 4.33. The Labute approximate surface area is 148 Å². The van der Waals surface area contributed by atoms with Crippen LogP contribution >= 0.6 is 11.6 Å². The first-order chi connectivity index (χ1) is 11.2. The van der Waals surface area contributed by atoms with E-state index in [0.29, 0.717) is 11.6 Å². The highest BCUT2D eigenvalue weighted by Gasteiger charge is 2.32. The van der Waals surface area contributed by atoms with Gasteiger partial charge in [0, 0.05) is 31.3 Å². The second-order valence-corrected chi connectivity index (χ2v) is 8.79. The third kappa shape index (κ3) is 4.39. The standard InChI is InChI=1S/C16H24ClN3O3S/c1-4-5-9-20-16(17)14(12(2)18-20)6-7-15(21)19(3)13-8-10-24(22,23)11-13/h6-7,13H,4-5,8-11H2,1-3H3. The molecule has 2 rings (SSSR count). The average Bonchev–Trinajstić information content (AvgIpc) is 3.02. The van der Waals surface area contributed by atoms with Gasteiger partial charge in [0.2, 0.25) is 5.91 Å². The molecule has 0 bridgehead atoms. The first-order valence-electron chi connectivity index (χ1n) is 8.13. The second-order valence-electron chi connectivity index (χ2n) is 6.21. The van der Waals surface area contributed by atoms with Crippen molar-refractivity contribution in [3.05, 3.63) is 22.5 Å². The molecule has 1 aromatic heterocycles. The number of nitrogens with zero attached hydrogens (tertiary/aromatic N) is 3. The van der Waals surface area contributed by atoms with E-state index in [0.717, 1.165) is 30.6 Å². The normalized spacial score (nSPS) is 19.9. The van der Waals surface area contributed by atoms with Crippen molar-refractivity contribution in [3.8, 4) is 0 Å². The summed E-state index contributed by atoms with van der Waals surface area (Å²) in [6.07, 6.45) is 5.63. The number of aryl methyl sites for hydroxylation is 2. The van der Waals surface area contributed by atoms with Crippen LogP contribution < -0.4 is 0 Å². The van der Waals surface area contributed by atoms with Crippen molar-refractivity contribution >= 4 is 33.4 Å². The summed E-state index contributed by atoms with van der Waals surface area (Å²) in [5.74, 6) is -0.0414. The summed E-state index contributed by atoms with van der Waals surface area (Å²) in [6, 6.07) is -0.254. The third-order valence-corrected chi connectivity index (χ3v) is 6.48. The Morgan fingerprint density at radius 3 is 2.79 bits per heavy atom. The largest absolute Gasteiger partial charge is 0.338 e. The number of aromatic nitrogens is 2. The lowest BCUT2D eigenvalue weighted by molar-refractivity contribution is -0.126. The van der Waals surface area contributed by atoms with Crippen molar-refractivity contribution in [3.63, 3.8) is 0 Å². The number of rotatable bonds is 6. The van der Waals surface area contributed by atoms with E-state index in [2.05, 4.69) is 12.0 Å². The minimum absolute atomic E-state index is 0.0395. The van der Waals surface area contributed by atoms with Crippen LogP contribution in [0.15, 0.2) is 6.08 Å². The molecule has 1 aliphatic heterocycles. The number of sulfone groups is 1. The van der Waals surface area contributed by atoms with Crippen LogP contribution in [0.4, 0.5) is 0 Å². The van der Waals surface area contributed by atoms with E-state index in [1.54, 1.807) is 17.8 Å². The molecule has 1 aromatic rings. The molecule has 0 spiro atoms. The van der Waals surface area contributed by atoms with Gasteiger partial charge in [0.15, 0.2) is 9.84 Å². The molecule has 1 saturated heterocycles. The van der Waals surface area contributed by atoms with E-state index < -0.39 is 9.84 Å². The summed E-state index contributed by atoms with van der Waals surface area (Å²) in [5.41, 5.74) is 1.50. The summed E-state index contributed by atoms with van der Waals surface area (Å²) in [7, 11) is -1.38. The van der Waals surface area contributed by atoms with Crippen molar-refractivity contribution in [1.29, 1.82) is 0 Å². The number of halogens is 1. The van der Waals surface area contributed by atoms with E-state index in [-0.39, 0.29) is 23.5 Å². The molecule has 6 nitrogen and oxygen atoms in total. The van der Waals surface area contributed by atoms with Crippen LogP contribution in [-0.4, -0.2) is 53.6 Å². The number of carbonyl (C=O) groups excluding carboxylic acids is 1. The zero-order chi connectivity index (χ0) is 17.9. The van der Waals surface area contributed by atoms with E-state index in [1.165, 1.54) is 11.0 Å². The highest BCUT2D eigenvalue weighted by Crippen LogP contribution is 2.22. The molecular formula is C16H24ClN3O3S. The summed E-state index contributed by atoms with van der Waals surface area (Å²) >= 11 is 6.34. The smallest absolute Gasteiger partial charge is 0.246 e. The topological polar surface area (TPSA) is 72.3 Å². The van der Waals surface area contributed by atoms with Gasteiger partial charge in [0.1, 0.15) is 5.15 Å². The van der Waals surface area contributed by atoms with Crippen molar-refractivity contribution < 1.29 is 13.2 Å². The molecule has 1 amide bonds. The van der Waals surface area contributed by atoms with Crippen LogP contribution in [0.25, 0.3) is 6.08 Å². The predicted octanol–water partition coefficient (Wildman–Crippen LogP) is 2.30. The minimum Gasteiger partial charge on any atom is -0.338 e. The van der Waals surface area contributed by atoms with Gasteiger partial charge in [-0.25, -0.2) is 8.42 Å². The Bertz CT molecular complexity index is 740. The summed E-state index contributed by atoms with van der Waals surface area (Å²) < 4.78 is 24.8. The molecule has 1 atom stereocenters. The number of amides is 1. The molecule has 0 radical (unpaired) electrons. The van der Waals surface area contributed by atoms with Crippen molar-refractivity contribution in [2.75, 3.05) is 18.6 Å². The molecule has 0 N–H and O–H groups in total. The first-order valence-corrected chi connectivity index (χ1v) is 10.3. The predicted molar refractivity (Wildman–Crippen MR) is 95.7 cm³/mol. The Balaban J connectivity index is 2.07. The molecule has 1 fully saturated rings. The van der Waals surface area contributed by atoms with Gasteiger partial charge in [-0.05, 0) is 25.8 Å². The van der Waals surface area contributed by atoms with Gasteiger partial charge in [-0.2, -0.15) is 5.10 Å². The molecule has 134 valence electrons. The fraction of sp³-hybridized carbons (Fsp3) is 0.625. The van der Waals surface area contributed by atoms with Gasteiger partial charge in [-0.3, -0.25) is 9.48 Å². The first kappa shape index (κ1) is 19.0. The van der Waals surface area contributed by atoms with Gasteiger partial charge in [0.25, 0.3) is 0 Å². The highest BCUT2D eigenvalue weighted by atomic mass is 35.5. The lowest BCUT2D eigenvalue weighted by Crippen LogP contribution is -2.36. The maximum atomic E-state index is 12.3. The lowest BCUT2D eigenvalue weighted by Gasteiger charge is -2.21. The van der Waals surface area contributed by atoms with E-state index in [1.807, 2.05) is 6.92 Å². The molecule has 1 aliphatic rings. The van der Waals surface area contributed by atoms with E-state index in [9.17, 15) is 13.2 Å². The molecule has 0 aliphatic carbocycles. The number of likely N-dealkylation sites (N-methyl/N-ethyl adjacent to an activating group) is 1. The molecule has 24 heavy (non-hydrogen) atoms. The van der Waals surface area contributed by atoms with Gasteiger partial charge in [0.05, 0.1) is 17.2 Å². The lowest BCUT2D eigenvalue weighted by atomic mass is 10.2. The number of hydrogen-bond acceptors (Lipinski definition) is 4. The SMILES string of the molecule is CCCCn1nc(C)c(C=CC(=O)N(C)C2CCS(=O)(=O)C2)c1Cl. The molecule has 1 unspecified atom stereocenters. The van der Waals surface area contributed by atoms with Gasteiger partial charge in [-0.1, -0.05) is 24.9 Å². The number of carbonyl (C=O) groups is 1. The molecule has 0 saturated carbocycles. The van der Waals surface area contributed by atoms with Crippen LogP contribution in [0.2, 0.25) is 5.15 Å². The van der Waals surface area contributed by atoms with Crippen LogP contribution in [0, 0.1) is 6.92 Å². The van der Waals surface area contributed by atoms with Crippen molar-refractivity contribution in [2.24, 2.45) is 0 Å². The Kier molecular flexibility index (Phi) is 6.09. The Morgan fingerprint density at radius 2 is 2.21 bits per heavy atom. The quantitative estimate of drug-likeness (QED) is 0.717. The number of unbranched alkanes of at least 4 members (excludes halogenated alkanes) is 1. The van der Waals surface area contributed by atoms with Crippen LogP contribution in [0.3, 0.4) is 0 Å². The second kappa shape index (κ2) is 7.70. The maximum absolute atomic E-state index is 12.3. The fourth-order valence-corrected chi connectivity index (χ4v) is 4.84.